The van der Waals surface area contributed by atoms with E-state index in [1.807, 2.05) is 0 Å². The highest BCUT2D eigenvalue weighted by molar-refractivity contribution is 7.03. The Morgan fingerprint density at radius 3 is 0.909 bits per heavy atom. The van der Waals surface area contributed by atoms with Gasteiger partial charge in [-0.05, 0) is 352 Å². The van der Waals surface area contributed by atoms with E-state index in [1.165, 1.54) is 243 Å². The smallest absolute Gasteiger partial charge is 0.260 e. The lowest BCUT2D eigenvalue weighted by Crippen LogP contribution is -2.65. The molecule has 99 heavy (non-hydrogen) atoms. The molecule has 0 aromatic heterocycles. The summed E-state index contributed by atoms with van der Waals surface area (Å²) >= 11 is 0. The molecule has 18 aliphatic rings. The molecule has 0 unspecified atom stereocenters. The van der Waals surface area contributed by atoms with Gasteiger partial charge in [0.1, 0.15) is 46.0 Å². The van der Waals surface area contributed by atoms with Gasteiger partial charge in [0.25, 0.3) is 20.1 Å². The second-order valence-electron chi connectivity index (χ2n) is 36.1. The van der Waals surface area contributed by atoms with Gasteiger partial charge in [-0.15, -0.1) is 0 Å². The Balaban J connectivity index is 0.786. The lowest BCUT2D eigenvalue weighted by Gasteiger charge is -2.57. The van der Waals surface area contributed by atoms with E-state index in [2.05, 4.69) is 185 Å². The Morgan fingerprint density at radius 1 is 0.283 bits per heavy atom. The zero-order valence-corrected chi connectivity index (χ0v) is 58.4. The third kappa shape index (κ3) is 7.69. The molecule has 0 atom stereocenters. The molecule has 6 aliphatic heterocycles. The van der Waals surface area contributed by atoms with E-state index in [1.54, 1.807) is 5.56 Å². The van der Waals surface area contributed by atoms with Gasteiger partial charge < -0.3 is 28.7 Å². The molecule has 12 aliphatic carbocycles. The number of aryl methyl sites for hydroxylation is 6. The second kappa shape index (κ2) is 19.3. The number of hydrogen-bond donors (Lipinski definition) is 0. The molecule has 6 heterocycles. The van der Waals surface area contributed by atoms with Gasteiger partial charge in [-0.2, -0.15) is 0 Å². The van der Waals surface area contributed by atoms with Crippen LogP contribution in [0, 0.1) is 94.8 Å². The highest BCUT2D eigenvalue weighted by atomic mass is 16.5. The Labute approximate surface area is 584 Å². The van der Waals surface area contributed by atoms with Gasteiger partial charge >= 0.3 is 0 Å². The highest BCUT2D eigenvalue weighted by Crippen LogP contribution is 2.66. The van der Waals surface area contributed by atoms with Crippen molar-refractivity contribution in [2.75, 3.05) is 9.80 Å². The number of hydrogen-bond acceptors (Lipinski definition) is 6. The predicted octanol–water partition coefficient (Wildman–Crippen LogP) is 16.5. The number of fused-ring (bicyclic) bond motifs is 12. The third-order valence-electron chi connectivity index (χ3n) is 29.7. The predicted molar refractivity (Wildman–Crippen MR) is 404 cm³/mol. The lowest BCUT2D eigenvalue weighted by molar-refractivity contribution is -0.00542. The number of nitrogens with zero attached hydrogens (tertiary/aromatic N) is 2. The highest BCUT2D eigenvalue weighted by Gasteiger charge is 2.58. The zero-order valence-electron chi connectivity index (χ0n) is 58.4. The molecule has 6 nitrogen and oxygen atoms in total. The Hall–Kier alpha value is -8.03. The van der Waals surface area contributed by atoms with E-state index in [4.69, 9.17) is 18.9 Å². The van der Waals surface area contributed by atoms with Crippen molar-refractivity contribution < 1.29 is 18.9 Å². The van der Waals surface area contributed by atoms with E-state index in [9.17, 15) is 0 Å². The largest absolute Gasteiger partial charge is 0.458 e. The molecular weight excluding hydrogens is 1210 g/mol. The van der Waals surface area contributed by atoms with Crippen LogP contribution < -0.4 is 77.9 Å². The minimum absolute atomic E-state index is 0.0960. The van der Waals surface area contributed by atoms with Gasteiger partial charge in [0.2, 0.25) is 0 Å². The van der Waals surface area contributed by atoms with Crippen molar-refractivity contribution in [1.29, 1.82) is 0 Å². The summed E-state index contributed by atoms with van der Waals surface area (Å²) in [5.74, 6) is 15.1. The van der Waals surface area contributed by atoms with Crippen LogP contribution in [0.15, 0.2) is 133 Å². The van der Waals surface area contributed by atoms with Crippen LogP contribution in [-0.4, -0.2) is 20.1 Å². The summed E-state index contributed by atoms with van der Waals surface area (Å²) in [6.45, 7) is 13.7. The van der Waals surface area contributed by atoms with Crippen LogP contribution in [0.4, 0.5) is 34.1 Å². The Morgan fingerprint density at radius 2 is 0.576 bits per heavy atom. The van der Waals surface area contributed by atoms with Gasteiger partial charge in [0.15, 0.2) is 0 Å². The number of para-hydroxylation sites is 2. The van der Waals surface area contributed by atoms with E-state index >= 15 is 0 Å². The first-order valence-corrected chi connectivity index (χ1v) is 38.8. The summed E-state index contributed by atoms with van der Waals surface area (Å²) in [5.41, 5.74) is 31.5. The SMILES string of the molecule is Cc1cc(C)c(N2c3cc4c(cc3B3c5cc6c(cc5N(c5c(C)cc(C)cc5C)c5cc(C78CC9CC(CC(C9)C7)C8)cc2c53)Oc2cc(C35CC7CC(CC(C7)C3)C5)cc3c2B6c2ccccc2O3)B2c3ccccc3Oc3cc(C56CC7CC(CC(C7)C5)C6)cc(c32)O4)c(C)c1. The molecule has 0 spiro atoms. The van der Waals surface area contributed by atoms with Crippen LogP contribution in [-0.2, 0) is 16.2 Å². The molecule has 0 N–H and O–H groups in total. The molecular formula is C90H85B3N2O4. The first-order valence-electron chi connectivity index (χ1n) is 38.8. The van der Waals surface area contributed by atoms with Crippen molar-refractivity contribution in [2.45, 2.75) is 173 Å². The normalized spacial score (nSPS) is 30.2. The molecule has 12 fully saturated rings. The summed E-state index contributed by atoms with van der Waals surface area (Å²) in [6.07, 6.45) is 24.2. The van der Waals surface area contributed by atoms with Gasteiger partial charge in [0, 0.05) is 45.8 Å². The average Bonchev–Trinajstić information content (AvgIpc) is 0.680. The van der Waals surface area contributed by atoms with Gasteiger partial charge in [-0.1, -0.05) is 83.9 Å². The maximum Gasteiger partial charge on any atom is 0.260 e. The summed E-state index contributed by atoms with van der Waals surface area (Å²) in [5, 5.41) is 0. The standard InChI is InChI=1S/C90H85B3N2O4/c1-47-15-49(3)86(50(4)16-47)94-71-36-77-69(91-65-11-7-9-13-75(65)96-79-30-63(32-81(98-77)84(79)91)89-41-56-22-57(42-89)24-58(23-56)43-89)34-67(71)93-68-35-70-78(99-82-33-64(90-44-59-25-60(45-90)27-61(26-59)46-90)31-80-85(82)92(70)66-12-8-10-14-76(66)97-80)37-72(68)95(87-51(5)17-48(2)18-52(87)6)74-29-62(28-73(94)83(74)93)88-38-53-19-54(39-88)21-55(20-53)40-88/h7-18,28-37,53-61H,19-27,38-46H2,1-6H3. The third-order valence-corrected chi connectivity index (χ3v) is 29.7. The summed E-state index contributed by atoms with van der Waals surface area (Å²) in [7, 11) is 0. The fraction of sp³-hybridized carbons (Fsp3) is 0.400. The molecule has 27 rings (SSSR count). The maximum absolute atomic E-state index is 7.86. The number of ether oxygens (including phenoxy) is 4. The maximum atomic E-state index is 7.86. The van der Waals surface area contributed by atoms with Crippen LogP contribution in [0.5, 0.6) is 46.0 Å². The summed E-state index contributed by atoms with van der Waals surface area (Å²) < 4.78 is 30.3. The first kappa shape index (κ1) is 56.7. The van der Waals surface area contributed by atoms with E-state index in [0.717, 1.165) is 99.3 Å². The van der Waals surface area contributed by atoms with Gasteiger partial charge in [0.05, 0.1) is 11.4 Å². The quantitative estimate of drug-likeness (QED) is 0.160. The van der Waals surface area contributed by atoms with E-state index in [0.29, 0.717) is 0 Å². The van der Waals surface area contributed by atoms with E-state index in [-0.39, 0.29) is 36.4 Å². The van der Waals surface area contributed by atoms with Crippen molar-refractivity contribution in [3.63, 3.8) is 0 Å². The monoisotopic (exact) mass is 1290 g/mol. The Kier molecular flexibility index (Phi) is 11.1. The molecule has 9 heteroatoms. The zero-order chi connectivity index (χ0) is 65.2. The van der Waals surface area contributed by atoms with Crippen molar-refractivity contribution in [2.24, 2.45) is 53.3 Å². The molecule has 488 valence electrons. The summed E-state index contributed by atoms with van der Waals surface area (Å²) in [6, 6.07) is 53.8. The van der Waals surface area contributed by atoms with Gasteiger partial charge in [-0.25, -0.2) is 0 Å². The molecule has 0 saturated heterocycles. The van der Waals surface area contributed by atoms with E-state index < -0.39 is 0 Å². The van der Waals surface area contributed by atoms with Crippen molar-refractivity contribution >= 4 is 103 Å². The average molecular weight is 1290 g/mol. The minimum atomic E-state index is -0.172. The van der Waals surface area contributed by atoms with Crippen LogP contribution in [0.25, 0.3) is 0 Å². The summed E-state index contributed by atoms with van der Waals surface area (Å²) in [4.78, 5) is 5.57. The van der Waals surface area contributed by atoms with Crippen LogP contribution in [0.1, 0.15) is 166 Å². The fourth-order valence-electron chi connectivity index (χ4n) is 27.7. The molecule has 0 amide bonds. The minimum Gasteiger partial charge on any atom is -0.458 e. The molecule has 12 saturated carbocycles. The van der Waals surface area contributed by atoms with Crippen LogP contribution in [0.2, 0.25) is 0 Å². The topological polar surface area (TPSA) is 43.4 Å². The lowest BCUT2D eigenvalue weighted by atomic mass is 9.29. The number of benzene rings is 9. The van der Waals surface area contributed by atoms with Crippen molar-refractivity contribution in [1.82, 2.24) is 0 Å². The molecule has 12 bridgehead atoms. The van der Waals surface area contributed by atoms with Crippen LogP contribution in [0.3, 0.4) is 0 Å². The fourth-order valence-corrected chi connectivity index (χ4v) is 27.7. The molecule has 0 radical (unpaired) electrons. The Bertz CT molecular complexity index is 4750. The molecule has 9 aromatic rings. The van der Waals surface area contributed by atoms with Crippen LogP contribution >= 0.6 is 0 Å². The molecule has 9 aromatic carbocycles. The van der Waals surface area contributed by atoms with Crippen molar-refractivity contribution in [3.8, 4) is 46.0 Å². The second-order valence-corrected chi connectivity index (χ2v) is 36.1. The number of rotatable bonds is 5. The van der Waals surface area contributed by atoms with Gasteiger partial charge in [-0.3, -0.25) is 0 Å². The first-order chi connectivity index (χ1) is 48.2. The van der Waals surface area contributed by atoms with Crippen molar-refractivity contribution in [3.05, 3.63) is 184 Å². The number of anilines is 6.